The zero-order valence-electron chi connectivity index (χ0n) is 12.0. The molecule has 106 valence electrons. The molecule has 1 unspecified atom stereocenters. The molecular weight excluding hydrogens is 240 g/mol. The maximum Gasteiger partial charge on any atom is 0.123 e. The summed E-state index contributed by atoms with van der Waals surface area (Å²) in [6.45, 7) is 0.693. The molecule has 1 aliphatic rings. The minimum Gasteiger partial charge on any atom is -0.497 e. The van der Waals surface area contributed by atoms with Gasteiger partial charge in [0.05, 0.1) is 14.2 Å². The van der Waals surface area contributed by atoms with Crippen LogP contribution < -0.4 is 20.5 Å². The van der Waals surface area contributed by atoms with Gasteiger partial charge in [-0.1, -0.05) is 6.42 Å². The van der Waals surface area contributed by atoms with Gasteiger partial charge in [0.1, 0.15) is 11.5 Å². The van der Waals surface area contributed by atoms with Gasteiger partial charge < -0.3 is 20.5 Å². The molecule has 1 fully saturated rings. The van der Waals surface area contributed by atoms with Crippen LogP contribution in [0.25, 0.3) is 0 Å². The molecule has 0 saturated heterocycles. The van der Waals surface area contributed by atoms with Crippen LogP contribution in [0.4, 0.5) is 0 Å². The summed E-state index contributed by atoms with van der Waals surface area (Å²) in [6, 6.07) is 6.14. The fraction of sp³-hybridized carbons (Fsp3) is 0.600. The second-order valence-corrected chi connectivity index (χ2v) is 5.25. The highest BCUT2D eigenvalue weighted by Crippen LogP contribution is 2.51. The largest absolute Gasteiger partial charge is 0.497 e. The molecule has 4 nitrogen and oxygen atoms in total. The summed E-state index contributed by atoms with van der Waals surface area (Å²) in [7, 11) is 5.37. The monoisotopic (exact) mass is 264 g/mol. The van der Waals surface area contributed by atoms with Crippen molar-refractivity contribution in [1.29, 1.82) is 0 Å². The Morgan fingerprint density at radius 2 is 2.05 bits per heavy atom. The predicted octanol–water partition coefficient (Wildman–Crippen LogP) is 2.09. The van der Waals surface area contributed by atoms with Crippen molar-refractivity contribution in [3.63, 3.8) is 0 Å². The molecule has 0 heterocycles. The third-order valence-electron chi connectivity index (χ3n) is 4.40. The van der Waals surface area contributed by atoms with Gasteiger partial charge >= 0.3 is 0 Å². The summed E-state index contributed by atoms with van der Waals surface area (Å²) in [4.78, 5) is 0. The van der Waals surface area contributed by atoms with Gasteiger partial charge in [0.25, 0.3) is 0 Å². The van der Waals surface area contributed by atoms with E-state index in [1.807, 2.05) is 19.2 Å². The van der Waals surface area contributed by atoms with E-state index in [0.29, 0.717) is 6.54 Å². The fourth-order valence-electron chi connectivity index (χ4n) is 3.10. The van der Waals surface area contributed by atoms with Crippen molar-refractivity contribution in [2.75, 3.05) is 27.8 Å². The van der Waals surface area contributed by atoms with E-state index in [1.165, 1.54) is 6.42 Å². The van der Waals surface area contributed by atoms with Gasteiger partial charge in [0, 0.05) is 17.0 Å². The third-order valence-corrected chi connectivity index (χ3v) is 4.40. The fourth-order valence-corrected chi connectivity index (χ4v) is 3.10. The number of nitrogens with one attached hydrogen (secondary N) is 1. The second-order valence-electron chi connectivity index (χ2n) is 5.25. The van der Waals surface area contributed by atoms with Crippen molar-refractivity contribution in [3.05, 3.63) is 23.8 Å². The number of methoxy groups -OCH3 is 2. The van der Waals surface area contributed by atoms with Gasteiger partial charge in [-0.2, -0.15) is 0 Å². The van der Waals surface area contributed by atoms with Crippen LogP contribution in [-0.2, 0) is 0 Å². The number of hydrogen-bond donors (Lipinski definition) is 2. The van der Waals surface area contributed by atoms with Gasteiger partial charge in [-0.3, -0.25) is 0 Å². The molecule has 0 aliphatic heterocycles. The molecule has 3 N–H and O–H groups in total. The quantitative estimate of drug-likeness (QED) is 0.826. The van der Waals surface area contributed by atoms with E-state index in [2.05, 4.69) is 11.4 Å². The maximum atomic E-state index is 6.03. The third kappa shape index (κ3) is 2.42. The normalized spacial score (nSPS) is 18.5. The van der Waals surface area contributed by atoms with Crippen molar-refractivity contribution < 1.29 is 9.47 Å². The van der Waals surface area contributed by atoms with Gasteiger partial charge in [-0.05, 0) is 44.6 Å². The zero-order valence-corrected chi connectivity index (χ0v) is 12.0. The van der Waals surface area contributed by atoms with Crippen molar-refractivity contribution >= 4 is 0 Å². The number of ether oxygens (including phenoxy) is 2. The van der Waals surface area contributed by atoms with Crippen molar-refractivity contribution in [2.24, 2.45) is 11.1 Å². The molecular formula is C15H24N2O2. The standard InChI is InChI=1S/C15H24N2O2/c1-17-14(15(10-16)7-4-8-15)12-9-11(18-2)5-6-13(12)19-3/h5-6,9,14,17H,4,7-8,10,16H2,1-3H3. The summed E-state index contributed by atoms with van der Waals surface area (Å²) in [5.74, 6) is 1.74. The number of hydrogen-bond acceptors (Lipinski definition) is 4. The summed E-state index contributed by atoms with van der Waals surface area (Å²) in [6.07, 6.45) is 3.58. The Morgan fingerprint density at radius 1 is 1.32 bits per heavy atom. The van der Waals surface area contributed by atoms with E-state index in [0.717, 1.165) is 29.9 Å². The van der Waals surface area contributed by atoms with Crippen LogP contribution in [0, 0.1) is 5.41 Å². The lowest BCUT2D eigenvalue weighted by atomic mass is 9.62. The summed E-state index contributed by atoms with van der Waals surface area (Å²) < 4.78 is 10.8. The first-order valence-corrected chi connectivity index (χ1v) is 6.80. The predicted molar refractivity (Wildman–Crippen MR) is 76.7 cm³/mol. The smallest absolute Gasteiger partial charge is 0.123 e. The van der Waals surface area contributed by atoms with E-state index >= 15 is 0 Å². The molecule has 0 aromatic heterocycles. The number of rotatable bonds is 6. The first-order valence-electron chi connectivity index (χ1n) is 6.80. The van der Waals surface area contributed by atoms with Crippen LogP contribution in [0.5, 0.6) is 11.5 Å². The first-order chi connectivity index (χ1) is 9.20. The lowest BCUT2D eigenvalue weighted by Gasteiger charge is -2.47. The summed E-state index contributed by atoms with van der Waals surface area (Å²) in [5.41, 5.74) is 7.31. The minimum atomic E-state index is 0.147. The molecule has 0 radical (unpaired) electrons. The molecule has 0 spiro atoms. The molecule has 1 aromatic carbocycles. The Bertz CT molecular complexity index is 425. The van der Waals surface area contributed by atoms with Crippen molar-refractivity contribution in [1.82, 2.24) is 5.32 Å². The van der Waals surface area contributed by atoms with Crippen LogP contribution in [0.2, 0.25) is 0 Å². The Labute approximate surface area is 115 Å². The lowest BCUT2D eigenvalue weighted by Crippen LogP contribution is -2.47. The summed E-state index contributed by atoms with van der Waals surface area (Å²) in [5, 5.41) is 3.42. The second kappa shape index (κ2) is 5.80. The molecule has 2 rings (SSSR count). The van der Waals surface area contributed by atoms with E-state index in [1.54, 1.807) is 14.2 Å². The maximum absolute atomic E-state index is 6.03. The summed E-state index contributed by atoms with van der Waals surface area (Å²) >= 11 is 0. The van der Waals surface area contributed by atoms with Crippen LogP contribution in [0.15, 0.2) is 18.2 Å². The first kappa shape index (κ1) is 14.2. The Balaban J connectivity index is 2.41. The van der Waals surface area contributed by atoms with E-state index in [9.17, 15) is 0 Å². The van der Waals surface area contributed by atoms with Gasteiger partial charge in [0.2, 0.25) is 0 Å². The van der Waals surface area contributed by atoms with Gasteiger partial charge in [0.15, 0.2) is 0 Å². The lowest BCUT2D eigenvalue weighted by molar-refractivity contribution is 0.0864. The SMILES string of the molecule is CNC(c1cc(OC)ccc1OC)C1(CN)CCC1. The van der Waals surface area contributed by atoms with Gasteiger partial charge in [-0.15, -0.1) is 0 Å². The Kier molecular flexibility index (Phi) is 4.32. The van der Waals surface area contributed by atoms with Crippen molar-refractivity contribution in [3.8, 4) is 11.5 Å². The highest BCUT2D eigenvalue weighted by molar-refractivity contribution is 5.43. The van der Waals surface area contributed by atoms with E-state index in [4.69, 9.17) is 15.2 Å². The van der Waals surface area contributed by atoms with Crippen molar-refractivity contribution in [2.45, 2.75) is 25.3 Å². The molecule has 1 atom stereocenters. The Hall–Kier alpha value is -1.26. The van der Waals surface area contributed by atoms with Crippen LogP contribution >= 0.6 is 0 Å². The Morgan fingerprint density at radius 3 is 2.47 bits per heavy atom. The minimum absolute atomic E-state index is 0.147. The number of nitrogens with two attached hydrogens (primary N) is 1. The van der Waals surface area contributed by atoms with Gasteiger partial charge in [-0.25, -0.2) is 0 Å². The highest BCUT2D eigenvalue weighted by atomic mass is 16.5. The van der Waals surface area contributed by atoms with Crippen LogP contribution in [0.3, 0.4) is 0 Å². The molecule has 4 heteroatoms. The molecule has 0 bridgehead atoms. The molecule has 1 saturated carbocycles. The molecule has 19 heavy (non-hydrogen) atoms. The zero-order chi connectivity index (χ0) is 13.9. The molecule has 1 aliphatic carbocycles. The highest BCUT2D eigenvalue weighted by Gasteiger charge is 2.44. The molecule has 0 amide bonds. The van der Waals surface area contributed by atoms with Crippen LogP contribution in [-0.4, -0.2) is 27.8 Å². The van der Waals surface area contributed by atoms with E-state index in [-0.39, 0.29) is 11.5 Å². The number of benzene rings is 1. The van der Waals surface area contributed by atoms with E-state index < -0.39 is 0 Å². The van der Waals surface area contributed by atoms with Crippen LogP contribution in [0.1, 0.15) is 30.9 Å². The average molecular weight is 264 g/mol. The average Bonchev–Trinajstić information content (AvgIpc) is 2.42. The molecule has 1 aromatic rings. The topological polar surface area (TPSA) is 56.5 Å².